The molecule has 1 rings (SSSR count). The van der Waals surface area contributed by atoms with Crippen LogP contribution in [0.4, 0.5) is 0 Å². The summed E-state index contributed by atoms with van der Waals surface area (Å²) in [4.78, 5) is 10.7. The molecule has 13 heavy (non-hydrogen) atoms. The van der Waals surface area contributed by atoms with E-state index in [4.69, 9.17) is 5.73 Å². The van der Waals surface area contributed by atoms with Crippen LogP contribution in [0.25, 0.3) is 0 Å². The van der Waals surface area contributed by atoms with E-state index < -0.39 is 0 Å². The fourth-order valence-corrected chi connectivity index (χ4v) is 1.23. The van der Waals surface area contributed by atoms with Crippen molar-refractivity contribution in [3.05, 3.63) is 35.4 Å². The highest BCUT2D eigenvalue weighted by molar-refractivity contribution is 5.75. The Bertz CT molecular complexity index is 294. The highest BCUT2D eigenvalue weighted by atomic mass is 16.1. The van der Waals surface area contributed by atoms with Gasteiger partial charge >= 0.3 is 0 Å². The van der Waals surface area contributed by atoms with Crippen molar-refractivity contribution >= 4 is 5.78 Å². The molecule has 0 aromatic heterocycles. The Kier molecular flexibility index (Phi) is 3.65. The summed E-state index contributed by atoms with van der Waals surface area (Å²) in [6.07, 6.45) is 1.44. The maximum atomic E-state index is 10.7. The van der Waals surface area contributed by atoms with Crippen molar-refractivity contribution in [2.75, 3.05) is 0 Å². The van der Waals surface area contributed by atoms with Gasteiger partial charge in [-0.15, -0.1) is 0 Å². The van der Waals surface area contributed by atoms with Gasteiger partial charge in [-0.2, -0.15) is 0 Å². The van der Waals surface area contributed by atoms with Crippen LogP contribution in [0.5, 0.6) is 0 Å². The average molecular weight is 177 g/mol. The van der Waals surface area contributed by atoms with Gasteiger partial charge in [-0.25, -0.2) is 0 Å². The first-order valence-corrected chi connectivity index (χ1v) is 4.49. The molecular formula is C11H15NO. The van der Waals surface area contributed by atoms with Crippen LogP contribution >= 0.6 is 0 Å². The molecule has 0 atom stereocenters. The predicted molar refractivity (Wildman–Crippen MR) is 53.3 cm³/mol. The number of carbonyl (C=O) groups excluding carboxylic acids is 1. The van der Waals surface area contributed by atoms with Gasteiger partial charge < -0.3 is 10.5 Å². The van der Waals surface area contributed by atoms with Crippen molar-refractivity contribution in [1.29, 1.82) is 0 Å². The van der Waals surface area contributed by atoms with E-state index in [0.717, 1.165) is 12.0 Å². The quantitative estimate of drug-likeness (QED) is 0.760. The number of aryl methyl sites for hydroxylation is 1. The lowest BCUT2D eigenvalue weighted by Crippen LogP contribution is -1.98. The highest BCUT2D eigenvalue weighted by Crippen LogP contribution is 2.07. The first-order chi connectivity index (χ1) is 6.22. The summed E-state index contributed by atoms with van der Waals surface area (Å²) in [6, 6.07) is 8.07. The molecule has 0 saturated heterocycles. The number of nitrogens with two attached hydrogens (primary N) is 1. The van der Waals surface area contributed by atoms with E-state index in [9.17, 15) is 4.79 Å². The predicted octanol–water partition coefficient (Wildman–Crippen LogP) is 1.67. The molecule has 0 aliphatic heterocycles. The Labute approximate surface area is 78.8 Å². The number of Topliss-reactive ketones (excluding diaryl/α,β-unsaturated/α-hetero) is 1. The molecule has 0 spiro atoms. The van der Waals surface area contributed by atoms with Crippen LogP contribution in [-0.2, 0) is 17.8 Å². The molecule has 0 saturated carbocycles. The fourth-order valence-electron chi connectivity index (χ4n) is 1.23. The monoisotopic (exact) mass is 177 g/mol. The SMILES string of the molecule is CC(=O)CCc1cccc(CN)c1. The topological polar surface area (TPSA) is 43.1 Å². The second-order valence-electron chi connectivity index (χ2n) is 3.23. The minimum Gasteiger partial charge on any atom is -0.326 e. The van der Waals surface area contributed by atoms with E-state index in [0.29, 0.717) is 13.0 Å². The van der Waals surface area contributed by atoms with E-state index in [1.165, 1.54) is 5.56 Å². The highest BCUT2D eigenvalue weighted by Gasteiger charge is 1.97. The van der Waals surface area contributed by atoms with Crippen LogP contribution in [0.1, 0.15) is 24.5 Å². The maximum Gasteiger partial charge on any atom is 0.130 e. The molecule has 0 unspecified atom stereocenters. The Morgan fingerprint density at radius 2 is 2.08 bits per heavy atom. The molecule has 1 aromatic carbocycles. The normalized spacial score (nSPS) is 10.0. The Balaban J connectivity index is 2.61. The summed E-state index contributed by atoms with van der Waals surface area (Å²) in [5, 5.41) is 0. The lowest BCUT2D eigenvalue weighted by Gasteiger charge is -2.01. The van der Waals surface area contributed by atoms with Crippen LogP contribution in [0, 0.1) is 0 Å². The Hall–Kier alpha value is -1.15. The zero-order valence-corrected chi connectivity index (χ0v) is 7.92. The molecule has 1 aromatic rings. The van der Waals surface area contributed by atoms with Gasteiger partial charge in [-0.1, -0.05) is 24.3 Å². The van der Waals surface area contributed by atoms with Crippen molar-refractivity contribution < 1.29 is 4.79 Å². The molecule has 0 amide bonds. The molecule has 2 N–H and O–H groups in total. The van der Waals surface area contributed by atoms with Gasteiger partial charge in [0.1, 0.15) is 5.78 Å². The van der Waals surface area contributed by atoms with E-state index in [-0.39, 0.29) is 5.78 Å². The van der Waals surface area contributed by atoms with E-state index in [1.54, 1.807) is 6.92 Å². The Morgan fingerprint density at radius 1 is 1.38 bits per heavy atom. The zero-order chi connectivity index (χ0) is 9.68. The third kappa shape index (κ3) is 3.38. The van der Waals surface area contributed by atoms with E-state index >= 15 is 0 Å². The number of carbonyl (C=O) groups is 1. The molecule has 0 heterocycles. The van der Waals surface area contributed by atoms with Crippen molar-refractivity contribution in [3.8, 4) is 0 Å². The number of ketones is 1. The van der Waals surface area contributed by atoms with Gasteiger partial charge in [0.15, 0.2) is 0 Å². The maximum absolute atomic E-state index is 10.7. The second kappa shape index (κ2) is 4.77. The van der Waals surface area contributed by atoms with Crippen LogP contribution in [0.2, 0.25) is 0 Å². The summed E-state index contributed by atoms with van der Waals surface area (Å²) in [6.45, 7) is 2.18. The van der Waals surface area contributed by atoms with Crippen LogP contribution < -0.4 is 5.73 Å². The molecule has 0 bridgehead atoms. The fraction of sp³-hybridized carbons (Fsp3) is 0.364. The summed E-state index contributed by atoms with van der Waals surface area (Å²) < 4.78 is 0. The zero-order valence-electron chi connectivity index (χ0n) is 7.92. The number of benzene rings is 1. The van der Waals surface area contributed by atoms with Crippen molar-refractivity contribution in [2.24, 2.45) is 5.73 Å². The van der Waals surface area contributed by atoms with Gasteiger partial charge in [0.2, 0.25) is 0 Å². The summed E-state index contributed by atoms with van der Waals surface area (Å²) in [5.74, 6) is 0.234. The first-order valence-electron chi connectivity index (χ1n) is 4.49. The van der Waals surface area contributed by atoms with Gasteiger partial charge in [-0.3, -0.25) is 0 Å². The van der Waals surface area contributed by atoms with Crippen molar-refractivity contribution in [1.82, 2.24) is 0 Å². The molecular weight excluding hydrogens is 162 g/mol. The van der Waals surface area contributed by atoms with E-state index in [1.807, 2.05) is 18.2 Å². The molecule has 0 radical (unpaired) electrons. The average Bonchev–Trinajstić information content (AvgIpc) is 2.15. The minimum absolute atomic E-state index is 0.234. The first kappa shape index (κ1) is 9.93. The van der Waals surface area contributed by atoms with E-state index in [2.05, 4.69) is 6.07 Å². The van der Waals surface area contributed by atoms with Gasteiger partial charge in [0.25, 0.3) is 0 Å². The number of rotatable bonds is 4. The lowest BCUT2D eigenvalue weighted by molar-refractivity contribution is -0.116. The van der Waals surface area contributed by atoms with Gasteiger partial charge in [-0.05, 0) is 24.5 Å². The second-order valence-corrected chi connectivity index (χ2v) is 3.23. The number of hydrogen-bond donors (Lipinski definition) is 1. The molecule has 0 aliphatic rings. The third-order valence-corrected chi connectivity index (χ3v) is 1.99. The van der Waals surface area contributed by atoms with Crippen molar-refractivity contribution in [3.63, 3.8) is 0 Å². The lowest BCUT2D eigenvalue weighted by atomic mass is 10.1. The minimum atomic E-state index is 0.234. The molecule has 0 aliphatic carbocycles. The molecule has 2 heteroatoms. The van der Waals surface area contributed by atoms with Gasteiger partial charge in [0.05, 0.1) is 0 Å². The standard InChI is InChI=1S/C11H15NO/c1-9(13)5-6-10-3-2-4-11(7-10)8-12/h2-4,7H,5-6,8,12H2,1H3. The molecule has 0 fully saturated rings. The Morgan fingerprint density at radius 3 is 2.69 bits per heavy atom. The number of hydrogen-bond acceptors (Lipinski definition) is 2. The smallest absolute Gasteiger partial charge is 0.130 e. The van der Waals surface area contributed by atoms with Crippen LogP contribution in [0.3, 0.4) is 0 Å². The van der Waals surface area contributed by atoms with Crippen LogP contribution in [0.15, 0.2) is 24.3 Å². The molecule has 2 nitrogen and oxygen atoms in total. The summed E-state index contributed by atoms with van der Waals surface area (Å²) >= 11 is 0. The largest absolute Gasteiger partial charge is 0.326 e. The van der Waals surface area contributed by atoms with Gasteiger partial charge in [0, 0.05) is 13.0 Å². The third-order valence-electron chi connectivity index (χ3n) is 1.99. The molecule has 70 valence electrons. The summed E-state index contributed by atoms with van der Waals surface area (Å²) in [7, 11) is 0. The summed E-state index contributed by atoms with van der Waals surface area (Å²) in [5.41, 5.74) is 7.83. The van der Waals surface area contributed by atoms with Crippen LogP contribution in [-0.4, -0.2) is 5.78 Å². The van der Waals surface area contributed by atoms with Crippen molar-refractivity contribution in [2.45, 2.75) is 26.3 Å².